The maximum atomic E-state index is 9.68. The molecule has 0 fully saturated rings. The third kappa shape index (κ3) is 11.4. The Morgan fingerprint density at radius 3 is 1.83 bits per heavy atom. The number of unbranched alkanes of at least 4 members (excludes halogenated alkanes) is 12. The van der Waals surface area contributed by atoms with Gasteiger partial charge in [0.15, 0.2) is 0 Å². The molecule has 4 N–H and O–H groups in total. The van der Waals surface area contributed by atoms with Gasteiger partial charge in [-0.25, -0.2) is 0 Å². The Balaban J connectivity index is 1.58. The summed E-state index contributed by atoms with van der Waals surface area (Å²) >= 11 is 0. The van der Waals surface area contributed by atoms with Crippen molar-refractivity contribution in [1.82, 2.24) is 10.6 Å². The number of aryl methyl sites for hydroxylation is 1. The van der Waals surface area contributed by atoms with Gasteiger partial charge < -0.3 is 16.4 Å². The molecular formula is C37H56N4. The maximum Gasteiger partial charge on any atom is 0.0991 e. The van der Waals surface area contributed by atoms with E-state index in [4.69, 9.17) is 5.73 Å². The molecular weight excluding hydrogens is 500 g/mol. The fraction of sp³-hybridized carbons (Fsp3) is 0.595. The molecule has 0 unspecified atom stereocenters. The van der Waals surface area contributed by atoms with Crippen LogP contribution in [-0.4, -0.2) is 26.2 Å². The van der Waals surface area contributed by atoms with E-state index in [2.05, 4.69) is 60.0 Å². The molecule has 0 aliphatic carbocycles. The van der Waals surface area contributed by atoms with Crippen molar-refractivity contribution < 1.29 is 0 Å². The van der Waals surface area contributed by atoms with E-state index in [1.807, 2.05) is 6.07 Å². The van der Waals surface area contributed by atoms with Gasteiger partial charge in [0.25, 0.3) is 0 Å². The van der Waals surface area contributed by atoms with E-state index in [1.54, 1.807) is 0 Å². The third-order valence-corrected chi connectivity index (χ3v) is 8.47. The summed E-state index contributed by atoms with van der Waals surface area (Å²) < 4.78 is 0. The topological polar surface area (TPSA) is 73.9 Å². The molecule has 0 heterocycles. The van der Waals surface area contributed by atoms with Gasteiger partial charge in [-0.1, -0.05) is 101 Å². The van der Waals surface area contributed by atoms with Gasteiger partial charge in [-0.15, -0.1) is 0 Å². The number of nitrogens with one attached hydrogen (secondary N) is 2. The smallest absolute Gasteiger partial charge is 0.0991 e. The highest BCUT2D eigenvalue weighted by Crippen LogP contribution is 2.34. The number of nitriles is 1. The number of nitrogens with zero attached hydrogens (tertiary/aromatic N) is 1. The quantitative estimate of drug-likeness (QED) is 0.0805. The summed E-state index contributed by atoms with van der Waals surface area (Å²) in [5.41, 5.74) is 9.14. The first-order valence-electron chi connectivity index (χ1n) is 16.8. The van der Waals surface area contributed by atoms with E-state index in [-0.39, 0.29) is 0 Å². The van der Waals surface area contributed by atoms with E-state index in [0.717, 1.165) is 51.1 Å². The van der Waals surface area contributed by atoms with Gasteiger partial charge in [-0.05, 0) is 110 Å². The van der Waals surface area contributed by atoms with Crippen molar-refractivity contribution in [1.29, 1.82) is 5.26 Å². The summed E-state index contributed by atoms with van der Waals surface area (Å²) in [7, 11) is 0. The summed E-state index contributed by atoms with van der Waals surface area (Å²) in [5.74, 6) is 0. The molecule has 3 aromatic carbocycles. The monoisotopic (exact) mass is 556 g/mol. The highest BCUT2D eigenvalue weighted by molar-refractivity contribution is 6.06. The zero-order valence-corrected chi connectivity index (χ0v) is 25.9. The highest BCUT2D eigenvalue weighted by Gasteiger charge is 2.14. The van der Waals surface area contributed by atoms with Crippen LogP contribution in [0.25, 0.3) is 21.5 Å². The summed E-state index contributed by atoms with van der Waals surface area (Å²) in [6.45, 7) is 7.30. The molecule has 0 aliphatic rings. The van der Waals surface area contributed by atoms with Gasteiger partial charge in [0, 0.05) is 6.54 Å². The molecule has 4 nitrogen and oxygen atoms in total. The predicted molar refractivity (Wildman–Crippen MR) is 178 cm³/mol. The molecule has 0 aromatic heterocycles. The Morgan fingerprint density at radius 2 is 1.17 bits per heavy atom. The number of fused-ring (bicyclic) bond motifs is 2. The summed E-state index contributed by atoms with van der Waals surface area (Å²) in [6, 6.07) is 17.6. The van der Waals surface area contributed by atoms with Crippen LogP contribution >= 0.6 is 0 Å². The van der Waals surface area contributed by atoms with Gasteiger partial charge in [-0.2, -0.15) is 5.26 Å². The van der Waals surface area contributed by atoms with Crippen LogP contribution in [0.3, 0.4) is 0 Å². The Labute approximate surface area is 250 Å². The van der Waals surface area contributed by atoms with Crippen molar-refractivity contribution in [3.8, 4) is 6.07 Å². The molecule has 0 spiro atoms. The SMILES string of the molecule is CCCCCCNCCCCCCc1c2ccccc2c(CNCCCCCCCCCN)c2ccc(C#N)cc12. The Kier molecular flexibility index (Phi) is 16.5. The van der Waals surface area contributed by atoms with Crippen LogP contribution in [0.5, 0.6) is 0 Å². The average Bonchev–Trinajstić information content (AvgIpc) is 3.01. The Hall–Kier alpha value is -2.45. The Morgan fingerprint density at radius 1 is 0.610 bits per heavy atom. The second-order valence-corrected chi connectivity index (χ2v) is 11.8. The van der Waals surface area contributed by atoms with Crippen molar-refractivity contribution in [3.63, 3.8) is 0 Å². The number of hydrogen-bond acceptors (Lipinski definition) is 4. The molecule has 224 valence electrons. The van der Waals surface area contributed by atoms with E-state index in [0.29, 0.717) is 0 Å². The van der Waals surface area contributed by atoms with Gasteiger partial charge >= 0.3 is 0 Å². The second kappa shape index (κ2) is 20.4. The van der Waals surface area contributed by atoms with Crippen molar-refractivity contribution in [2.45, 2.75) is 116 Å². The minimum atomic E-state index is 0.754. The molecule has 0 aliphatic heterocycles. The standard InChI is InChI=1S/C37H56N4/c1-2-3-4-16-25-40-26-17-11-8-12-19-33-32-20-13-14-21-34(32)37(35-23-22-31(29-39)28-36(33)35)30-41-27-18-10-7-5-6-9-15-24-38/h13-14,20-23,28,40-41H,2-12,15-19,24-27,30,38H2,1H3. The zero-order valence-electron chi connectivity index (χ0n) is 25.9. The van der Waals surface area contributed by atoms with Gasteiger partial charge in [-0.3, -0.25) is 0 Å². The number of nitrogens with two attached hydrogens (primary N) is 1. The second-order valence-electron chi connectivity index (χ2n) is 11.8. The van der Waals surface area contributed by atoms with E-state index >= 15 is 0 Å². The lowest BCUT2D eigenvalue weighted by Crippen LogP contribution is -2.16. The average molecular weight is 557 g/mol. The van der Waals surface area contributed by atoms with Gasteiger partial charge in [0.1, 0.15) is 0 Å². The van der Waals surface area contributed by atoms with Crippen molar-refractivity contribution in [3.05, 3.63) is 59.2 Å². The van der Waals surface area contributed by atoms with Gasteiger partial charge in [0.2, 0.25) is 0 Å². The van der Waals surface area contributed by atoms with E-state index in [9.17, 15) is 5.26 Å². The molecule has 41 heavy (non-hydrogen) atoms. The summed E-state index contributed by atoms with van der Waals surface area (Å²) in [6.07, 6.45) is 20.3. The van der Waals surface area contributed by atoms with Crippen molar-refractivity contribution in [2.24, 2.45) is 5.73 Å². The molecule has 0 bridgehead atoms. The van der Waals surface area contributed by atoms with Crippen LogP contribution in [-0.2, 0) is 13.0 Å². The van der Waals surface area contributed by atoms with E-state index < -0.39 is 0 Å². The fourth-order valence-electron chi connectivity index (χ4n) is 6.08. The van der Waals surface area contributed by atoms with Crippen LogP contribution in [0, 0.1) is 11.3 Å². The van der Waals surface area contributed by atoms with Crippen molar-refractivity contribution >= 4 is 21.5 Å². The van der Waals surface area contributed by atoms with Crippen LogP contribution < -0.4 is 16.4 Å². The van der Waals surface area contributed by atoms with Crippen molar-refractivity contribution in [2.75, 3.05) is 26.2 Å². The number of rotatable bonds is 23. The van der Waals surface area contributed by atoms with E-state index in [1.165, 1.54) is 123 Å². The molecule has 3 aromatic rings. The molecule has 0 saturated carbocycles. The first kappa shape index (κ1) is 33.1. The summed E-state index contributed by atoms with van der Waals surface area (Å²) in [5, 5.41) is 22.3. The predicted octanol–water partition coefficient (Wildman–Crippen LogP) is 8.92. The van der Waals surface area contributed by atoms with Crippen LogP contribution in [0.15, 0.2) is 42.5 Å². The molecule has 4 heteroatoms. The zero-order chi connectivity index (χ0) is 29.0. The van der Waals surface area contributed by atoms with Gasteiger partial charge in [0.05, 0.1) is 11.6 Å². The maximum absolute atomic E-state index is 9.68. The largest absolute Gasteiger partial charge is 0.330 e. The fourth-order valence-corrected chi connectivity index (χ4v) is 6.08. The lowest BCUT2D eigenvalue weighted by molar-refractivity contribution is 0.559. The minimum Gasteiger partial charge on any atom is -0.330 e. The lowest BCUT2D eigenvalue weighted by atomic mass is 9.88. The molecule has 3 rings (SSSR count). The summed E-state index contributed by atoms with van der Waals surface area (Å²) in [4.78, 5) is 0. The van der Waals surface area contributed by atoms with Crippen LogP contribution in [0.2, 0.25) is 0 Å². The third-order valence-electron chi connectivity index (χ3n) is 8.47. The molecule has 0 atom stereocenters. The molecule has 0 amide bonds. The lowest BCUT2D eigenvalue weighted by Gasteiger charge is -2.18. The number of benzene rings is 3. The Bertz CT molecular complexity index is 1180. The first-order valence-corrected chi connectivity index (χ1v) is 16.8. The first-order chi connectivity index (χ1) is 20.3. The minimum absolute atomic E-state index is 0.754. The van der Waals surface area contributed by atoms with Crippen LogP contribution in [0.4, 0.5) is 0 Å². The normalized spacial score (nSPS) is 11.4. The highest BCUT2D eigenvalue weighted by atomic mass is 14.8. The molecule has 0 saturated heterocycles. The molecule has 0 radical (unpaired) electrons. The number of hydrogen-bond donors (Lipinski definition) is 3. The van der Waals surface area contributed by atoms with Crippen LogP contribution in [0.1, 0.15) is 120 Å².